The van der Waals surface area contributed by atoms with Crippen LogP contribution in [0.2, 0.25) is 0 Å². The van der Waals surface area contributed by atoms with Gasteiger partial charge in [0.2, 0.25) is 0 Å². The van der Waals surface area contributed by atoms with Crippen LogP contribution in [0.5, 0.6) is 0 Å². The first-order valence-corrected chi connectivity index (χ1v) is 41.1. The van der Waals surface area contributed by atoms with Crippen molar-refractivity contribution < 1.29 is 80.2 Å². The van der Waals surface area contributed by atoms with Gasteiger partial charge in [-0.25, -0.2) is 9.13 Å². The fraction of sp³-hybridized carbons (Fsp3) is 0.945. The van der Waals surface area contributed by atoms with E-state index in [1.165, 1.54) is 205 Å². The van der Waals surface area contributed by atoms with Gasteiger partial charge in [-0.2, -0.15) is 0 Å². The predicted octanol–water partition coefficient (Wildman–Crippen LogP) is 21.3. The number of unbranched alkanes of at least 4 members (excludes halogenated alkanes) is 45. The van der Waals surface area contributed by atoms with Crippen LogP contribution in [-0.4, -0.2) is 96.7 Å². The lowest BCUT2D eigenvalue weighted by Crippen LogP contribution is -2.30. The van der Waals surface area contributed by atoms with Gasteiger partial charge in [0.05, 0.1) is 26.4 Å². The number of phosphoric ester groups is 2. The molecule has 92 heavy (non-hydrogen) atoms. The molecule has 0 rings (SSSR count). The first-order valence-electron chi connectivity index (χ1n) is 38.1. The van der Waals surface area contributed by atoms with Crippen molar-refractivity contribution in [1.29, 1.82) is 0 Å². The van der Waals surface area contributed by atoms with Crippen molar-refractivity contribution in [2.24, 2.45) is 5.92 Å². The number of carbonyl (C=O) groups is 4. The van der Waals surface area contributed by atoms with Crippen molar-refractivity contribution in [1.82, 2.24) is 0 Å². The number of carbonyl (C=O) groups excluding carboxylic acids is 4. The molecule has 0 radical (unpaired) electrons. The maximum atomic E-state index is 13.1. The second kappa shape index (κ2) is 66.3. The maximum Gasteiger partial charge on any atom is 0.472 e. The Morgan fingerprint density at radius 2 is 0.500 bits per heavy atom. The normalized spacial score (nSPS) is 14.0. The van der Waals surface area contributed by atoms with Gasteiger partial charge < -0.3 is 33.8 Å². The highest BCUT2D eigenvalue weighted by Crippen LogP contribution is 2.45. The number of hydrogen-bond acceptors (Lipinski definition) is 15. The van der Waals surface area contributed by atoms with E-state index in [2.05, 4.69) is 34.6 Å². The molecule has 0 aromatic rings. The third-order valence-corrected chi connectivity index (χ3v) is 18.9. The minimum atomic E-state index is -4.95. The Balaban J connectivity index is 5.20. The number of ether oxygens (including phenoxy) is 4. The van der Waals surface area contributed by atoms with Crippen LogP contribution in [0, 0.1) is 5.92 Å². The molecule has 546 valence electrons. The highest BCUT2D eigenvalue weighted by molar-refractivity contribution is 7.47. The summed E-state index contributed by atoms with van der Waals surface area (Å²) in [6.45, 7) is 7.28. The maximum absolute atomic E-state index is 13.1. The summed E-state index contributed by atoms with van der Waals surface area (Å²) >= 11 is 0. The third kappa shape index (κ3) is 66.7. The molecule has 0 amide bonds. The Morgan fingerprint density at radius 3 is 0.739 bits per heavy atom. The lowest BCUT2D eigenvalue weighted by molar-refractivity contribution is -0.161. The molecule has 0 fully saturated rings. The molecule has 0 saturated carbocycles. The molecule has 0 bridgehead atoms. The van der Waals surface area contributed by atoms with Gasteiger partial charge in [-0.3, -0.25) is 37.3 Å². The highest BCUT2D eigenvalue weighted by Gasteiger charge is 2.30. The van der Waals surface area contributed by atoms with Gasteiger partial charge in [0.25, 0.3) is 0 Å². The number of hydrogen-bond donors (Lipinski definition) is 3. The van der Waals surface area contributed by atoms with Crippen molar-refractivity contribution >= 4 is 39.5 Å². The van der Waals surface area contributed by atoms with Gasteiger partial charge in [0, 0.05) is 25.7 Å². The quantitative estimate of drug-likeness (QED) is 0.0222. The minimum absolute atomic E-state index is 0.107. The topological polar surface area (TPSA) is 237 Å². The van der Waals surface area contributed by atoms with Crippen LogP contribution in [0.15, 0.2) is 0 Å². The van der Waals surface area contributed by atoms with E-state index >= 15 is 0 Å². The van der Waals surface area contributed by atoms with Gasteiger partial charge >= 0.3 is 39.5 Å². The van der Waals surface area contributed by atoms with Gasteiger partial charge in [0.15, 0.2) is 12.2 Å². The summed E-state index contributed by atoms with van der Waals surface area (Å²) in [5, 5.41) is 10.6. The third-order valence-electron chi connectivity index (χ3n) is 17.0. The molecule has 5 atom stereocenters. The molecule has 0 aliphatic heterocycles. The SMILES string of the molecule is CCCCCCCCCCCCCCCC(=O)OC[C@H](COP(=O)(O)OC[C@@H](O)COP(=O)(O)OC[C@@H](COC(=O)CCCCCCCCCCC)OC(=O)CCCCCCCCCCCCC)OC(=O)CCCCCCCCCCCCCCCCCCC(C)C. The fourth-order valence-corrected chi connectivity index (χ4v) is 12.8. The Morgan fingerprint density at radius 1 is 0.293 bits per heavy atom. The summed E-state index contributed by atoms with van der Waals surface area (Å²) in [6.07, 6.45) is 54.0. The number of rotatable bonds is 73. The zero-order chi connectivity index (χ0) is 67.7. The van der Waals surface area contributed by atoms with Crippen LogP contribution in [0.3, 0.4) is 0 Å². The average molecular weight is 1350 g/mol. The molecule has 19 heteroatoms. The summed E-state index contributed by atoms with van der Waals surface area (Å²) in [7, 11) is -9.90. The smallest absolute Gasteiger partial charge is 0.462 e. The molecule has 0 aliphatic carbocycles. The van der Waals surface area contributed by atoms with E-state index in [-0.39, 0.29) is 25.7 Å². The summed E-state index contributed by atoms with van der Waals surface area (Å²) < 4.78 is 68.3. The van der Waals surface area contributed by atoms with Crippen LogP contribution < -0.4 is 0 Å². The summed E-state index contributed by atoms with van der Waals surface area (Å²) in [5.41, 5.74) is 0. The summed E-state index contributed by atoms with van der Waals surface area (Å²) in [6, 6.07) is 0. The van der Waals surface area contributed by atoms with E-state index in [1.807, 2.05) is 0 Å². The first kappa shape index (κ1) is 90.1. The molecule has 0 aromatic carbocycles. The predicted molar refractivity (Wildman–Crippen MR) is 372 cm³/mol. The van der Waals surface area contributed by atoms with Crippen molar-refractivity contribution in [3.8, 4) is 0 Å². The van der Waals surface area contributed by atoms with Crippen molar-refractivity contribution in [2.45, 2.75) is 400 Å². The molecular weight excluding hydrogens is 1210 g/mol. The van der Waals surface area contributed by atoms with Crippen molar-refractivity contribution in [2.75, 3.05) is 39.6 Å². The van der Waals surface area contributed by atoms with Crippen LogP contribution in [-0.2, 0) is 65.4 Å². The van der Waals surface area contributed by atoms with E-state index in [4.69, 9.17) is 37.0 Å². The number of phosphoric acid groups is 2. The molecule has 2 unspecified atom stereocenters. The molecule has 3 N–H and O–H groups in total. The first-order chi connectivity index (χ1) is 44.5. The number of aliphatic hydroxyl groups is 1. The highest BCUT2D eigenvalue weighted by atomic mass is 31.2. The van der Waals surface area contributed by atoms with Crippen LogP contribution in [0.25, 0.3) is 0 Å². The average Bonchev–Trinajstić information content (AvgIpc) is 1.78. The summed E-state index contributed by atoms with van der Waals surface area (Å²) in [4.78, 5) is 72.6. The van der Waals surface area contributed by atoms with Crippen molar-refractivity contribution in [3.05, 3.63) is 0 Å². The van der Waals surface area contributed by atoms with Crippen LogP contribution >= 0.6 is 15.6 Å². The van der Waals surface area contributed by atoms with Gasteiger partial charge in [-0.1, -0.05) is 330 Å². The van der Waals surface area contributed by atoms with Crippen LogP contribution in [0.1, 0.15) is 381 Å². The van der Waals surface area contributed by atoms with E-state index in [0.717, 1.165) is 95.8 Å². The molecule has 0 aliphatic rings. The zero-order valence-electron chi connectivity index (χ0n) is 59.7. The lowest BCUT2D eigenvalue weighted by Gasteiger charge is -2.21. The van der Waals surface area contributed by atoms with E-state index in [9.17, 15) is 43.2 Å². The minimum Gasteiger partial charge on any atom is -0.462 e. The number of aliphatic hydroxyl groups excluding tert-OH is 1. The molecule has 0 saturated heterocycles. The van der Waals surface area contributed by atoms with E-state index in [1.54, 1.807) is 0 Å². The Bertz CT molecular complexity index is 1770. The summed E-state index contributed by atoms with van der Waals surface area (Å²) in [5.74, 6) is -1.31. The molecule has 0 spiro atoms. The van der Waals surface area contributed by atoms with Gasteiger partial charge in [0.1, 0.15) is 19.3 Å². The fourth-order valence-electron chi connectivity index (χ4n) is 11.2. The Hall–Kier alpha value is -1.94. The zero-order valence-corrected chi connectivity index (χ0v) is 61.5. The molecular formula is C73H142O17P2. The standard InChI is InChI=1S/C73H142O17P2/c1-6-9-12-15-18-21-23-28-33-37-42-47-52-57-71(76)84-63-69(90-73(78)59-54-49-44-39-34-30-27-25-24-26-29-32-36-40-45-50-55-66(4)5)65-88-92(81,82)86-61-67(74)60-85-91(79,80)87-64-68(62-83-70(75)56-51-46-41-35-20-17-14-11-8-3)89-72(77)58-53-48-43-38-31-22-19-16-13-10-7-2/h66-69,74H,6-65H2,1-5H3,(H,79,80)(H,81,82)/t67-,68+,69+/m0/s1. The molecule has 0 aromatic heterocycles. The second-order valence-electron chi connectivity index (χ2n) is 26.8. The largest absolute Gasteiger partial charge is 0.472 e. The Kier molecular flexibility index (Phi) is 64.9. The lowest BCUT2D eigenvalue weighted by atomic mass is 10.0. The van der Waals surface area contributed by atoms with E-state index < -0.39 is 97.5 Å². The monoisotopic (exact) mass is 1350 g/mol. The van der Waals surface area contributed by atoms with E-state index in [0.29, 0.717) is 25.7 Å². The molecule has 17 nitrogen and oxygen atoms in total. The second-order valence-corrected chi connectivity index (χ2v) is 29.7. The van der Waals surface area contributed by atoms with Gasteiger partial charge in [-0.15, -0.1) is 0 Å². The van der Waals surface area contributed by atoms with Crippen LogP contribution in [0.4, 0.5) is 0 Å². The van der Waals surface area contributed by atoms with Crippen molar-refractivity contribution in [3.63, 3.8) is 0 Å². The Labute approximate surface area is 562 Å². The molecule has 0 heterocycles. The number of esters is 4. The van der Waals surface area contributed by atoms with Gasteiger partial charge in [-0.05, 0) is 31.6 Å².